The van der Waals surface area contributed by atoms with E-state index >= 15 is 0 Å². The predicted molar refractivity (Wildman–Crippen MR) is 138 cm³/mol. The third-order valence-corrected chi connectivity index (χ3v) is 6.67. The minimum atomic E-state index is -0.778. The van der Waals surface area contributed by atoms with Crippen molar-refractivity contribution in [3.63, 3.8) is 0 Å². The first-order valence-corrected chi connectivity index (χ1v) is 12.1. The highest BCUT2D eigenvalue weighted by Gasteiger charge is 2.47. The average molecular weight is 506 g/mol. The molecule has 0 saturated heterocycles. The molecule has 0 bridgehead atoms. The van der Waals surface area contributed by atoms with Crippen LogP contribution in [0.15, 0.2) is 60.1 Å². The third kappa shape index (κ3) is 5.50. The van der Waals surface area contributed by atoms with E-state index < -0.39 is 17.7 Å². The normalized spacial score (nSPS) is 20.5. The number of rotatable bonds is 7. The number of carbonyl (C=O) groups excluding carboxylic acids is 3. The molecule has 0 spiro atoms. The van der Waals surface area contributed by atoms with Gasteiger partial charge in [-0.2, -0.15) is 0 Å². The summed E-state index contributed by atoms with van der Waals surface area (Å²) in [7, 11) is 1.48. The Morgan fingerprint density at radius 2 is 1.97 bits per heavy atom. The number of anilines is 1. The number of aromatic amines is 1. The number of carbonyl (C=O) groups is 3. The van der Waals surface area contributed by atoms with E-state index in [1.54, 1.807) is 24.4 Å². The zero-order valence-corrected chi connectivity index (χ0v) is 21.6. The molecule has 1 aromatic heterocycles. The van der Waals surface area contributed by atoms with Crippen LogP contribution in [0.3, 0.4) is 0 Å². The Labute approximate surface area is 216 Å². The first kappa shape index (κ1) is 25.9. The summed E-state index contributed by atoms with van der Waals surface area (Å²) in [5.74, 6) is -1.07. The van der Waals surface area contributed by atoms with Crippen molar-refractivity contribution in [3.05, 3.63) is 71.2 Å². The summed E-state index contributed by atoms with van der Waals surface area (Å²) >= 11 is 0. The molecule has 0 fully saturated rings. The summed E-state index contributed by atoms with van der Waals surface area (Å²) in [5.41, 5.74) is 8.55. The number of pyridine rings is 1. The van der Waals surface area contributed by atoms with Gasteiger partial charge in [0, 0.05) is 35.4 Å². The second-order valence-electron chi connectivity index (χ2n) is 10.4. The molecule has 2 aromatic rings. The number of nitrogens with two attached hydrogens (primary N) is 1. The summed E-state index contributed by atoms with van der Waals surface area (Å²) in [6.45, 7) is 9.92. The van der Waals surface area contributed by atoms with Crippen LogP contribution in [0.2, 0.25) is 0 Å². The number of ether oxygens (including phenoxy) is 2. The number of amides is 2. The summed E-state index contributed by atoms with van der Waals surface area (Å²) in [5, 5.41) is 6.24. The fourth-order valence-corrected chi connectivity index (χ4v) is 5.12. The van der Waals surface area contributed by atoms with Crippen molar-refractivity contribution in [2.24, 2.45) is 17.1 Å². The molecular weight excluding hydrogens is 472 g/mol. The lowest BCUT2D eigenvalue weighted by atomic mass is 9.66. The van der Waals surface area contributed by atoms with Crippen LogP contribution in [-0.2, 0) is 14.4 Å². The van der Waals surface area contributed by atoms with Gasteiger partial charge in [0.05, 0.1) is 13.3 Å². The Bertz CT molecular complexity index is 1310. The number of methoxy groups -OCH3 is 1. The third-order valence-electron chi connectivity index (χ3n) is 6.67. The van der Waals surface area contributed by atoms with Crippen molar-refractivity contribution in [3.8, 4) is 11.5 Å². The van der Waals surface area contributed by atoms with E-state index in [0.717, 1.165) is 11.3 Å². The van der Waals surface area contributed by atoms with E-state index in [-0.39, 0.29) is 23.7 Å². The molecule has 2 unspecified atom stereocenters. The molecule has 1 aliphatic heterocycles. The second-order valence-corrected chi connectivity index (χ2v) is 10.4. The van der Waals surface area contributed by atoms with E-state index in [4.69, 9.17) is 15.2 Å². The molecule has 2 aliphatic rings. The summed E-state index contributed by atoms with van der Waals surface area (Å²) in [6, 6.07) is 8.89. The number of benzene rings is 1. The molecule has 37 heavy (non-hydrogen) atoms. The van der Waals surface area contributed by atoms with Gasteiger partial charge in [-0.1, -0.05) is 26.5 Å². The molecule has 4 rings (SSSR count). The monoisotopic (exact) mass is 505 g/mol. The smallest absolute Gasteiger partial charge is 0.317 e. The van der Waals surface area contributed by atoms with Gasteiger partial charge in [-0.3, -0.25) is 9.59 Å². The van der Waals surface area contributed by atoms with E-state index in [0.29, 0.717) is 47.0 Å². The largest absolute Gasteiger partial charge is 0.493 e. The number of hydrogen-bond acceptors (Lipinski definition) is 6. The Morgan fingerprint density at radius 3 is 2.65 bits per heavy atom. The summed E-state index contributed by atoms with van der Waals surface area (Å²) in [6.07, 6.45) is 2.77. The first-order valence-electron chi connectivity index (χ1n) is 12.1. The summed E-state index contributed by atoms with van der Waals surface area (Å²) in [4.78, 5) is 41.5. The van der Waals surface area contributed by atoms with Gasteiger partial charge in [-0.25, -0.2) is 15.1 Å². The zero-order valence-electron chi connectivity index (χ0n) is 21.6. The first-order chi connectivity index (χ1) is 17.5. The standard InChI is InChI=1S/C28H32N4O5/c1-15-8-9-30-23(10-15)32-27(35)24-16(2)31-18-12-28(3,4)13-19(33)26(18)25(24)17-6-7-20(21(11-17)36-5)37-14-22(29)34/h6-11,24-25,31H,2,12-14H2,1,3-5H3,(H2,29,34)(H,30,32,35)/p+1. The van der Waals surface area contributed by atoms with Crippen LogP contribution in [-0.4, -0.2) is 31.3 Å². The van der Waals surface area contributed by atoms with Crippen molar-refractivity contribution in [1.82, 2.24) is 5.32 Å². The van der Waals surface area contributed by atoms with E-state index in [1.165, 1.54) is 7.11 Å². The fraction of sp³-hybridized carbons (Fsp3) is 0.357. The molecule has 9 nitrogen and oxygen atoms in total. The maximum atomic E-state index is 13.7. The van der Waals surface area contributed by atoms with Crippen molar-refractivity contribution >= 4 is 23.4 Å². The zero-order chi connectivity index (χ0) is 26.9. The maximum absolute atomic E-state index is 13.7. The van der Waals surface area contributed by atoms with Crippen molar-refractivity contribution in [2.75, 3.05) is 19.0 Å². The van der Waals surface area contributed by atoms with Crippen LogP contribution in [0.1, 0.15) is 43.7 Å². The Morgan fingerprint density at radius 1 is 1.22 bits per heavy atom. The Balaban J connectivity index is 1.80. The maximum Gasteiger partial charge on any atom is 0.317 e. The van der Waals surface area contributed by atoms with E-state index in [2.05, 4.69) is 22.2 Å². The molecule has 5 N–H and O–H groups in total. The second kappa shape index (κ2) is 10.1. The highest BCUT2D eigenvalue weighted by Crippen LogP contribution is 2.49. The van der Waals surface area contributed by atoms with Crippen LogP contribution in [0.5, 0.6) is 11.5 Å². The fourth-order valence-electron chi connectivity index (χ4n) is 5.12. The number of aryl methyl sites for hydroxylation is 1. The molecule has 1 aliphatic carbocycles. The molecule has 0 radical (unpaired) electrons. The molecule has 1 aromatic carbocycles. The van der Waals surface area contributed by atoms with Gasteiger partial charge in [0.2, 0.25) is 0 Å². The lowest BCUT2D eigenvalue weighted by Crippen LogP contribution is -2.45. The van der Waals surface area contributed by atoms with Crippen LogP contribution < -0.4 is 30.8 Å². The minimum absolute atomic E-state index is 0.0100. The topological polar surface area (TPSA) is 134 Å². The number of allylic oxidation sites excluding steroid dienone is 2. The van der Waals surface area contributed by atoms with Crippen molar-refractivity contribution < 1.29 is 28.8 Å². The molecule has 2 amide bonds. The van der Waals surface area contributed by atoms with Gasteiger partial charge >= 0.3 is 5.91 Å². The Kier molecular flexibility index (Phi) is 7.07. The van der Waals surface area contributed by atoms with Crippen LogP contribution >= 0.6 is 0 Å². The van der Waals surface area contributed by atoms with E-state index in [1.807, 2.05) is 32.9 Å². The molecular formula is C28H33N4O5+. The quantitative estimate of drug-likeness (QED) is 0.530. The van der Waals surface area contributed by atoms with Crippen LogP contribution in [0, 0.1) is 18.3 Å². The number of ketones is 1. The van der Waals surface area contributed by atoms with E-state index in [9.17, 15) is 14.4 Å². The van der Waals surface area contributed by atoms with Crippen LogP contribution in [0.4, 0.5) is 5.82 Å². The van der Waals surface area contributed by atoms with Gasteiger partial charge < -0.3 is 20.5 Å². The summed E-state index contributed by atoms with van der Waals surface area (Å²) < 4.78 is 11.0. The van der Waals surface area contributed by atoms with Gasteiger partial charge in [-0.05, 0) is 48.1 Å². The molecule has 0 saturated carbocycles. The van der Waals surface area contributed by atoms with Crippen molar-refractivity contribution in [1.29, 1.82) is 0 Å². The highest BCUT2D eigenvalue weighted by molar-refractivity contribution is 6.03. The Hall–Kier alpha value is -4.14. The molecule has 9 heteroatoms. The molecule has 2 heterocycles. The number of Topliss-reactive ketones (excluding diaryl/α,β-unsaturated/α-hetero) is 1. The number of H-pyrrole nitrogens is 1. The molecule has 194 valence electrons. The van der Waals surface area contributed by atoms with Gasteiger partial charge in [0.25, 0.3) is 11.7 Å². The number of aromatic nitrogens is 1. The average Bonchev–Trinajstić information content (AvgIpc) is 2.80. The number of nitrogens with one attached hydrogen (secondary N) is 3. The SMILES string of the molecule is C=C1NC2=C(C(=O)CC(C)(C)C2)C(c2ccc(OCC(N)=O)c(OC)c2)C1C(=O)Nc1cc(C)cc[nH+]1. The number of primary amides is 1. The van der Waals surface area contributed by atoms with Gasteiger partial charge in [0.1, 0.15) is 5.92 Å². The molecule has 2 atom stereocenters. The lowest BCUT2D eigenvalue weighted by Gasteiger charge is -2.42. The minimum Gasteiger partial charge on any atom is -0.493 e. The van der Waals surface area contributed by atoms with Crippen molar-refractivity contribution in [2.45, 2.75) is 39.5 Å². The van der Waals surface area contributed by atoms with Gasteiger partial charge in [0.15, 0.2) is 23.9 Å². The predicted octanol–water partition coefficient (Wildman–Crippen LogP) is 2.78. The van der Waals surface area contributed by atoms with Gasteiger partial charge in [-0.15, -0.1) is 0 Å². The lowest BCUT2D eigenvalue weighted by molar-refractivity contribution is -0.360. The highest BCUT2D eigenvalue weighted by atomic mass is 16.5. The van der Waals surface area contributed by atoms with Crippen LogP contribution in [0.25, 0.3) is 0 Å². The number of hydrogen-bond donors (Lipinski definition) is 3.